The molecule has 0 heterocycles. The van der Waals surface area contributed by atoms with Gasteiger partial charge in [0.05, 0.1) is 0 Å². The van der Waals surface area contributed by atoms with E-state index in [1.54, 1.807) is 6.07 Å². The summed E-state index contributed by atoms with van der Waals surface area (Å²) in [4.78, 5) is 2.23. The summed E-state index contributed by atoms with van der Waals surface area (Å²) in [6.45, 7) is 11.2. The van der Waals surface area contributed by atoms with E-state index in [-0.39, 0.29) is 5.82 Å². The van der Waals surface area contributed by atoms with Gasteiger partial charge in [-0.1, -0.05) is 39.3 Å². The predicted octanol–water partition coefficient (Wildman–Crippen LogP) is 4.19. The molecule has 0 aliphatic carbocycles. The molecule has 1 N–H and O–H groups in total. The Balaban J connectivity index is 2.64. The van der Waals surface area contributed by atoms with Crippen LogP contribution in [0.5, 0.6) is 0 Å². The highest BCUT2D eigenvalue weighted by atomic mass is 19.1. The van der Waals surface area contributed by atoms with Gasteiger partial charge >= 0.3 is 0 Å². The van der Waals surface area contributed by atoms with Crippen LogP contribution in [0.4, 0.5) is 4.39 Å². The molecule has 0 bridgehead atoms. The summed E-state index contributed by atoms with van der Waals surface area (Å²) in [5.41, 5.74) is 1.95. The van der Waals surface area contributed by atoms with Crippen molar-refractivity contribution in [1.29, 1.82) is 0 Å². The number of rotatable bonds is 9. The second-order valence-electron chi connectivity index (χ2n) is 6.50. The number of hydrogen-bond acceptors (Lipinski definition) is 2. The molecule has 1 unspecified atom stereocenters. The fourth-order valence-corrected chi connectivity index (χ4v) is 2.43. The number of benzene rings is 1. The van der Waals surface area contributed by atoms with Crippen LogP contribution in [0.2, 0.25) is 0 Å². The lowest BCUT2D eigenvalue weighted by Crippen LogP contribution is -2.28. The molecule has 0 aliphatic heterocycles. The Morgan fingerprint density at radius 3 is 2.57 bits per heavy atom. The third kappa shape index (κ3) is 6.58. The molecule has 120 valence electrons. The minimum absolute atomic E-state index is 0.0989. The Hall–Kier alpha value is -0.930. The van der Waals surface area contributed by atoms with Crippen LogP contribution in [0, 0.1) is 11.7 Å². The van der Waals surface area contributed by atoms with Crippen LogP contribution in [0.25, 0.3) is 0 Å². The van der Waals surface area contributed by atoms with Gasteiger partial charge in [-0.25, -0.2) is 4.39 Å². The highest BCUT2D eigenvalue weighted by Crippen LogP contribution is 2.15. The van der Waals surface area contributed by atoms with E-state index in [1.165, 1.54) is 0 Å². The largest absolute Gasteiger partial charge is 0.312 e. The maximum atomic E-state index is 14.0. The van der Waals surface area contributed by atoms with Gasteiger partial charge in [-0.15, -0.1) is 0 Å². The molecule has 0 aliphatic rings. The molecule has 0 spiro atoms. The zero-order valence-corrected chi connectivity index (χ0v) is 14.2. The molecular weight excluding hydrogens is 263 g/mol. The van der Waals surface area contributed by atoms with E-state index >= 15 is 0 Å². The molecule has 0 radical (unpaired) electrons. The average molecular weight is 294 g/mol. The van der Waals surface area contributed by atoms with E-state index in [1.807, 2.05) is 12.1 Å². The Morgan fingerprint density at radius 1 is 1.24 bits per heavy atom. The zero-order chi connectivity index (χ0) is 15.8. The van der Waals surface area contributed by atoms with Gasteiger partial charge in [0.1, 0.15) is 5.82 Å². The maximum absolute atomic E-state index is 14.0. The molecule has 1 aromatic carbocycles. The predicted molar refractivity (Wildman–Crippen MR) is 88.8 cm³/mol. The summed E-state index contributed by atoms with van der Waals surface area (Å²) in [7, 11) is 2.07. The topological polar surface area (TPSA) is 15.3 Å². The SMILES string of the molecule is CCCC(C)N(C)Cc1cc(CNCC(C)C)ccc1F. The molecule has 0 saturated heterocycles. The first kappa shape index (κ1) is 18.1. The normalized spacial score (nSPS) is 13.1. The van der Waals surface area contributed by atoms with Crippen LogP contribution in [0.1, 0.15) is 51.7 Å². The van der Waals surface area contributed by atoms with Crippen LogP contribution in [-0.2, 0) is 13.1 Å². The maximum Gasteiger partial charge on any atom is 0.127 e. The van der Waals surface area contributed by atoms with Gasteiger partial charge in [0.2, 0.25) is 0 Å². The van der Waals surface area contributed by atoms with Gasteiger partial charge in [-0.05, 0) is 44.5 Å². The highest BCUT2D eigenvalue weighted by molar-refractivity contribution is 5.25. The van der Waals surface area contributed by atoms with Gasteiger partial charge in [-0.2, -0.15) is 0 Å². The lowest BCUT2D eigenvalue weighted by Gasteiger charge is -2.24. The van der Waals surface area contributed by atoms with E-state index < -0.39 is 0 Å². The van der Waals surface area contributed by atoms with Gasteiger partial charge in [0.25, 0.3) is 0 Å². The van der Waals surface area contributed by atoms with Gasteiger partial charge in [0, 0.05) is 24.7 Å². The second-order valence-corrected chi connectivity index (χ2v) is 6.50. The standard InChI is InChI=1S/C18H31FN2/c1-6-7-15(4)21(5)13-17-10-16(8-9-18(17)19)12-20-11-14(2)3/h8-10,14-15,20H,6-7,11-13H2,1-5H3. The summed E-state index contributed by atoms with van der Waals surface area (Å²) in [5, 5.41) is 3.41. The summed E-state index contributed by atoms with van der Waals surface area (Å²) in [5.74, 6) is 0.532. The third-order valence-corrected chi connectivity index (χ3v) is 3.87. The number of hydrogen-bond donors (Lipinski definition) is 1. The van der Waals surface area contributed by atoms with Crippen molar-refractivity contribution in [1.82, 2.24) is 10.2 Å². The minimum Gasteiger partial charge on any atom is -0.312 e. The van der Waals surface area contributed by atoms with Crippen LogP contribution in [0.15, 0.2) is 18.2 Å². The van der Waals surface area contributed by atoms with Crippen molar-refractivity contribution < 1.29 is 4.39 Å². The van der Waals surface area contributed by atoms with Crippen molar-refractivity contribution >= 4 is 0 Å². The molecule has 1 rings (SSSR count). The summed E-state index contributed by atoms with van der Waals surface area (Å²) in [6, 6.07) is 5.96. The Morgan fingerprint density at radius 2 is 1.95 bits per heavy atom. The molecule has 2 nitrogen and oxygen atoms in total. The van der Waals surface area contributed by atoms with E-state index in [0.29, 0.717) is 18.5 Å². The first-order valence-corrected chi connectivity index (χ1v) is 8.12. The fraction of sp³-hybridized carbons (Fsp3) is 0.667. The van der Waals surface area contributed by atoms with Crippen molar-refractivity contribution in [3.63, 3.8) is 0 Å². The molecule has 1 aromatic rings. The van der Waals surface area contributed by atoms with Crippen molar-refractivity contribution in [2.75, 3.05) is 13.6 Å². The smallest absolute Gasteiger partial charge is 0.127 e. The average Bonchev–Trinajstić information content (AvgIpc) is 2.42. The molecule has 0 aromatic heterocycles. The number of halogens is 1. The molecule has 0 saturated carbocycles. The van der Waals surface area contributed by atoms with Crippen LogP contribution < -0.4 is 5.32 Å². The lowest BCUT2D eigenvalue weighted by molar-refractivity contribution is 0.234. The molecular formula is C18H31FN2. The van der Waals surface area contributed by atoms with Crippen LogP contribution in [0.3, 0.4) is 0 Å². The van der Waals surface area contributed by atoms with E-state index in [9.17, 15) is 4.39 Å². The van der Waals surface area contributed by atoms with Crippen molar-refractivity contribution in [2.24, 2.45) is 5.92 Å². The third-order valence-electron chi connectivity index (χ3n) is 3.87. The van der Waals surface area contributed by atoms with E-state index in [2.05, 4.69) is 45.0 Å². The van der Waals surface area contributed by atoms with Crippen molar-refractivity contribution in [3.8, 4) is 0 Å². The van der Waals surface area contributed by atoms with Gasteiger partial charge < -0.3 is 5.32 Å². The monoisotopic (exact) mass is 294 g/mol. The van der Waals surface area contributed by atoms with Crippen LogP contribution in [-0.4, -0.2) is 24.5 Å². The summed E-state index contributed by atoms with van der Waals surface area (Å²) >= 11 is 0. The molecule has 0 amide bonds. The van der Waals surface area contributed by atoms with Crippen molar-refractivity contribution in [2.45, 2.75) is 59.7 Å². The molecule has 0 fully saturated rings. The Kier molecular flexibility index (Phi) is 7.91. The van der Waals surface area contributed by atoms with E-state index in [0.717, 1.165) is 37.1 Å². The number of nitrogens with one attached hydrogen (secondary N) is 1. The van der Waals surface area contributed by atoms with E-state index in [4.69, 9.17) is 0 Å². The lowest BCUT2D eigenvalue weighted by atomic mass is 10.1. The van der Waals surface area contributed by atoms with Gasteiger partial charge in [0.15, 0.2) is 0 Å². The molecule has 21 heavy (non-hydrogen) atoms. The fourth-order valence-electron chi connectivity index (χ4n) is 2.43. The second kappa shape index (κ2) is 9.16. The number of nitrogens with zero attached hydrogens (tertiary/aromatic N) is 1. The van der Waals surface area contributed by atoms with Crippen molar-refractivity contribution in [3.05, 3.63) is 35.1 Å². The first-order valence-electron chi connectivity index (χ1n) is 8.12. The summed E-state index contributed by atoms with van der Waals surface area (Å²) in [6.07, 6.45) is 2.31. The van der Waals surface area contributed by atoms with Gasteiger partial charge in [-0.3, -0.25) is 4.90 Å². The highest BCUT2D eigenvalue weighted by Gasteiger charge is 2.12. The Labute approximate surface area is 129 Å². The zero-order valence-electron chi connectivity index (χ0n) is 14.2. The summed E-state index contributed by atoms with van der Waals surface area (Å²) < 4.78 is 14.0. The Bertz CT molecular complexity index is 418. The van der Waals surface area contributed by atoms with Crippen LogP contribution >= 0.6 is 0 Å². The first-order chi connectivity index (χ1) is 9.93. The minimum atomic E-state index is -0.0989. The molecule has 1 atom stereocenters. The molecule has 3 heteroatoms. The quantitative estimate of drug-likeness (QED) is 0.734.